The molecule has 2 bridgehead atoms. The standard InChI is InChI=1S/C20H30O3/c1-13(2)14-4-5-16-15-6-7-18(3)8-9-19(15,12-23-18)10-11-20(14,16)17(21)22/h6-7,13-16H,4-5,8-12H2,1-3H3,(H,21,22)/t14-,15+,16+,18+,19+,20+/m1/s1. The Balaban J connectivity index is 1.78. The summed E-state index contributed by atoms with van der Waals surface area (Å²) in [5.41, 5.74) is -0.426. The summed E-state index contributed by atoms with van der Waals surface area (Å²) in [4.78, 5) is 12.4. The van der Waals surface area contributed by atoms with Gasteiger partial charge in [-0.2, -0.15) is 0 Å². The van der Waals surface area contributed by atoms with E-state index in [-0.39, 0.29) is 11.0 Å². The van der Waals surface area contributed by atoms with Crippen molar-refractivity contribution in [1.82, 2.24) is 0 Å². The molecule has 2 heterocycles. The minimum atomic E-state index is -0.534. The van der Waals surface area contributed by atoms with Crippen LogP contribution < -0.4 is 0 Å². The molecule has 3 nitrogen and oxygen atoms in total. The second-order valence-electron chi connectivity index (χ2n) is 9.23. The molecule has 0 aromatic heterocycles. The normalized spacial score (nSPS) is 51.4. The predicted octanol–water partition coefficient (Wildman–Crippen LogP) is 4.27. The number of rotatable bonds is 2. The lowest BCUT2D eigenvalue weighted by molar-refractivity contribution is -0.176. The number of carboxylic acid groups (broad SMARTS) is 1. The molecule has 1 N–H and O–H groups in total. The van der Waals surface area contributed by atoms with Crippen LogP contribution in [0.15, 0.2) is 12.2 Å². The van der Waals surface area contributed by atoms with Crippen LogP contribution in [0.4, 0.5) is 0 Å². The van der Waals surface area contributed by atoms with Crippen LogP contribution in [0.3, 0.4) is 0 Å². The lowest BCUT2D eigenvalue weighted by atomic mass is 9.50. The Labute approximate surface area is 139 Å². The first-order valence-corrected chi connectivity index (χ1v) is 9.40. The Morgan fingerprint density at radius 2 is 1.96 bits per heavy atom. The SMILES string of the molecule is CC(C)[C@H]1CC[C@H]2[C@@H]3C=C[C@@]4(C)CC[C@]3(CC[C@]12C(=O)O)CO4. The Morgan fingerprint density at radius 3 is 2.57 bits per heavy atom. The molecule has 23 heavy (non-hydrogen) atoms. The van der Waals surface area contributed by atoms with Crippen molar-refractivity contribution in [3.05, 3.63) is 12.2 Å². The van der Waals surface area contributed by atoms with Crippen molar-refractivity contribution in [2.24, 2.45) is 34.5 Å². The number of hydrogen-bond acceptors (Lipinski definition) is 2. The highest BCUT2D eigenvalue weighted by Gasteiger charge is 2.65. The van der Waals surface area contributed by atoms with Gasteiger partial charge < -0.3 is 9.84 Å². The fraction of sp³-hybridized carbons (Fsp3) is 0.850. The zero-order chi connectivity index (χ0) is 16.5. The van der Waals surface area contributed by atoms with Gasteiger partial charge in [0.15, 0.2) is 0 Å². The van der Waals surface area contributed by atoms with Gasteiger partial charge in [-0.15, -0.1) is 0 Å². The summed E-state index contributed by atoms with van der Waals surface area (Å²) in [5, 5.41) is 10.2. The summed E-state index contributed by atoms with van der Waals surface area (Å²) in [6.07, 6.45) is 10.9. The van der Waals surface area contributed by atoms with Gasteiger partial charge in [0.25, 0.3) is 0 Å². The summed E-state index contributed by atoms with van der Waals surface area (Å²) < 4.78 is 6.23. The highest BCUT2D eigenvalue weighted by atomic mass is 16.5. The van der Waals surface area contributed by atoms with Crippen LogP contribution in [-0.4, -0.2) is 23.3 Å². The van der Waals surface area contributed by atoms with E-state index in [1.807, 2.05) is 0 Å². The van der Waals surface area contributed by atoms with Crippen molar-refractivity contribution in [1.29, 1.82) is 0 Å². The molecule has 5 aliphatic rings. The summed E-state index contributed by atoms with van der Waals surface area (Å²) in [6, 6.07) is 0. The maximum atomic E-state index is 12.4. The number of carboxylic acids is 1. The third-order valence-corrected chi connectivity index (χ3v) is 7.96. The topological polar surface area (TPSA) is 46.5 Å². The lowest BCUT2D eigenvalue weighted by Crippen LogP contribution is -2.55. The van der Waals surface area contributed by atoms with Gasteiger partial charge in [0.05, 0.1) is 17.6 Å². The molecule has 2 saturated carbocycles. The first-order chi connectivity index (χ1) is 10.8. The van der Waals surface area contributed by atoms with Gasteiger partial charge in [0, 0.05) is 5.41 Å². The van der Waals surface area contributed by atoms with E-state index in [4.69, 9.17) is 4.74 Å². The molecule has 0 amide bonds. The fourth-order valence-corrected chi connectivity index (χ4v) is 6.61. The van der Waals surface area contributed by atoms with Crippen molar-refractivity contribution in [3.8, 4) is 0 Å². The van der Waals surface area contributed by atoms with E-state index >= 15 is 0 Å². The van der Waals surface area contributed by atoms with Crippen LogP contribution >= 0.6 is 0 Å². The fourth-order valence-electron chi connectivity index (χ4n) is 6.61. The highest BCUT2D eigenvalue weighted by Crippen LogP contribution is 2.67. The van der Waals surface area contributed by atoms with Gasteiger partial charge in [-0.1, -0.05) is 26.0 Å². The van der Waals surface area contributed by atoms with E-state index in [0.717, 1.165) is 38.7 Å². The second-order valence-corrected chi connectivity index (χ2v) is 9.23. The Kier molecular flexibility index (Phi) is 3.30. The molecule has 128 valence electrons. The average Bonchev–Trinajstić information content (AvgIpc) is 2.76. The third kappa shape index (κ3) is 1.95. The zero-order valence-corrected chi connectivity index (χ0v) is 14.7. The number of fused-ring (bicyclic) bond motifs is 3. The van der Waals surface area contributed by atoms with Crippen LogP contribution in [0.2, 0.25) is 0 Å². The quantitative estimate of drug-likeness (QED) is 0.773. The average molecular weight is 318 g/mol. The first kappa shape index (κ1) is 15.7. The molecule has 3 heteroatoms. The molecule has 0 aromatic carbocycles. The number of ether oxygens (including phenoxy) is 1. The number of aliphatic carboxylic acids is 1. The molecule has 0 aromatic rings. The summed E-state index contributed by atoms with van der Waals surface area (Å²) >= 11 is 0. The molecule has 0 unspecified atom stereocenters. The van der Waals surface area contributed by atoms with Crippen LogP contribution in [0.25, 0.3) is 0 Å². The van der Waals surface area contributed by atoms with Crippen molar-refractivity contribution < 1.29 is 14.6 Å². The second kappa shape index (κ2) is 4.84. The van der Waals surface area contributed by atoms with E-state index in [0.29, 0.717) is 23.7 Å². The Hall–Kier alpha value is -0.830. The Morgan fingerprint density at radius 1 is 1.22 bits per heavy atom. The van der Waals surface area contributed by atoms with Gasteiger partial charge in [-0.25, -0.2) is 0 Å². The zero-order valence-electron chi connectivity index (χ0n) is 14.7. The largest absolute Gasteiger partial charge is 0.481 e. The van der Waals surface area contributed by atoms with Crippen molar-refractivity contribution in [3.63, 3.8) is 0 Å². The van der Waals surface area contributed by atoms with Crippen LogP contribution in [-0.2, 0) is 9.53 Å². The van der Waals surface area contributed by atoms with Crippen LogP contribution in [0, 0.1) is 34.5 Å². The van der Waals surface area contributed by atoms with E-state index < -0.39 is 11.4 Å². The van der Waals surface area contributed by atoms with Gasteiger partial charge in [-0.3, -0.25) is 4.79 Å². The van der Waals surface area contributed by atoms with Gasteiger partial charge in [0.1, 0.15) is 0 Å². The third-order valence-electron chi connectivity index (χ3n) is 7.96. The van der Waals surface area contributed by atoms with E-state index in [2.05, 4.69) is 32.9 Å². The number of carbonyl (C=O) groups is 1. The van der Waals surface area contributed by atoms with Crippen molar-refractivity contribution in [2.75, 3.05) is 6.61 Å². The summed E-state index contributed by atoms with van der Waals surface area (Å²) in [7, 11) is 0. The smallest absolute Gasteiger partial charge is 0.310 e. The van der Waals surface area contributed by atoms with E-state index in [9.17, 15) is 9.90 Å². The maximum Gasteiger partial charge on any atom is 0.310 e. The van der Waals surface area contributed by atoms with Crippen LogP contribution in [0.5, 0.6) is 0 Å². The minimum absolute atomic E-state index is 0.121. The van der Waals surface area contributed by atoms with Crippen molar-refractivity contribution >= 4 is 5.97 Å². The molecule has 6 atom stereocenters. The van der Waals surface area contributed by atoms with E-state index in [1.165, 1.54) is 6.42 Å². The predicted molar refractivity (Wildman–Crippen MR) is 89.0 cm³/mol. The molecule has 1 spiro atoms. The molecule has 1 saturated heterocycles. The van der Waals surface area contributed by atoms with Crippen LogP contribution in [0.1, 0.15) is 59.3 Å². The maximum absolute atomic E-state index is 12.4. The van der Waals surface area contributed by atoms with Gasteiger partial charge in [-0.05, 0) is 69.1 Å². The van der Waals surface area contributed by atoms with E-state index in [1.54, 1.807) is 0 Å². The molecule has 5 rings (SSSR count). The molecule has 0 radical (unpaired) electrons. The van der Waals surface area contributed by atoms with Crippen molar-refractivity contribution in [2.45, 2.75) is 64.9 Å². The first-order valence-electron chi connectivity index (χ1n) is 9.40. The minimum Gasteiger partial charge on any atom is -0.481 e. The molecular weight excluding hydrogens is 288 g/mol. The molecule has 2 aliphatic heterocycles. The molecule has 3 fully saturated rings. The summed E-state index contributed by atoms with van der Waals surface area (Å²) in [6.45, 7) is 7.42. The highest BCUT2D eigenvalue weighted by molar-refractivity contribution is 5.76. The number of allylic oxidation sites excluding steroid dienone is 1. The van der Waals surface area contributed by atoms with Gasteiger partial charge >= 0.3 is 5.97 Å². The lowest BCUT2D eigenvalue weighted by Gasteiger charge is -2.55. The molecule has 3 aliphatic carbocycles. The Bertz CT molecular complexity index is 541. The molecular formula is C20H30O3. The van der Waals surface area contributed by atoms with Gasteiger partial charge in [0.2, 0.25) is 0 Å². The monoisotopic (exact) mass is 318 g/mol. The number of hydrogen-bond donors (Lipinski definition) is 1. The summed E-state index contributed by atoms with van der Waals surface area (Å²) in [5.74, 6) is 0.924.